The number of nitro groups is 1. The predicted octanol–water partition coefficient (Wildman–Crippen LogP) is 3.88. The molecule has 0 fully saturated rings. The van der Waals surface area contributed by atoms with Crippen molar-refractivity contribution < 1.29 is 13.7 Å². The lowest BCUT2D eigenvalue weighted by molar-refractivity contribution is -0.387. The number of aryl methyl sites for hydroxylation is 1. The first-order valence-corrected chi connectivity index (χ1v) is 5.12. The fourth-order valence-corrected chi connectivity index (χ4v) is 1.58. The van der Waals surface area contributed by atoms with Gasteiger partial charge in [-0.05, 0) is 18.9 Å². The molecule has 0 amide bonds. The Morgan fingerprint density at radius 1 is 1.44 bits per heavy atom. The van der Waals surface area contributed by atoms with Crippen molar-refractivity contribution in [1.29, 1.82) is 0 Å². The molecule has 0 aliphatic carbocycles. The fraction of sp³-hybridized carbons (Fsp3) is 0.455. The summed E-state index contributed by atoms with van der Waals surface area (Å²) in [6, 6.07) is 4.09. The summed E-state index contributed by atoms with van der Waals surface area (Å²) in [7, 11) is 0. The highest BCUT2D eigenvalue weighted by Crippen LogP contribution is 2.32. The van der Waals surface area contributed by atoms with Crippen LogP contribution in [0.25, 0.3) is 0 Å². The maximum Gasteiger partial charge on any atom is 0.281 e. The van der Waals surface area contributed by atoms with Gasteiger partial charge in [0.2, 0.25) is 0 Å². The number of para-hydroxylation sites is 1. The third kappa shape index (κ3) is 2.74. The number of benzene rings is 1. The monoisotopic (exact) mass is 229 g/mol. The first kappa shape index (κ1) is 12.5. The zero-order valence-corrected chi connectivity index (χ0v) is 8.95. The molecular formula is C11H13F2NO2. The number of rotatable bonds is 5. The quantitative estimate of drug-likeness (QED) is 0.568. The third-order valence-electron chi connectivity index (χ3n) is 2.37. The van der Waals surface area contributed by atoms with E-state index in [9.17, 15) is 18.9 Å². The zero-order chi connectivity index (χ0) is 12.1. The maximum absolute atomic E-state index is 12.6. The molecule has 0 aliphatic rings. The average Bonchev–Trinajstić information content (AvgIpc) is 2.25. The minimum Gasteiger partial charge on any atom is -0.258 e. The Morgan fingerprint density at radius 3 is 2.62 bits per heavy atom. The molecule has 88 valence electrons. The van der Waals surface area contributed by atoms with Crippen molar-refractivity contribution in [3.05, 3.63) is 39.4 Å². The molecular weight excluding hydrogens is 216 g/mol. The molecule has 0 heterocycles. The maximum atomic E-state index is 12.6. The van der Waals surface area contributed by atoms with Crippen molar-refractivity contribution in [3.63, 3.8) is 0 Å². The van der Waals surface area contributed by atoms with Gasteiger partial charge in [0.05, 0.1) is 10.5 Å². The van der Waals surface area contributed by atoms with E-state index < -0.39 is 22.6 Å². The molecule has 0 atom stereocenters. The number of nitrogens with zero attached hydrogens (tertiary/aromatic N) is 1. The number of nitro benzene ring substituents is 1. The van der Waals surface area contributed by atoms with E-state index in [0.29, 0.717) is 12.0 Å². The highest BCUT2D eigenvalue weighted by Gasteiger charge is 2.24. The molecule has 0 saturated heterocycles. The summed E-state index contributed by atoms with van der Waals surface area (Å²) in [6.07, 6.45) is -0.710. The lowest BCUT2D eigenvalue weighted by Crippen LogP contribution is -2.01. The molecule has 0 aliphatic heterocycles. The second-order valence-corrected chi connectivity index (χ2v) is 3.52. The van der Waals surface area contributed by atoms with Crippen LogP contribution in [0.1, 0.15) is 37.3 Å². The molecule has 16 heavy (non-hydrogen) atoms. The van der Waals surface area contributed by atoms with E-state index in [1.807, 2.05) is 6.92 Å². The molecule has 0 unspecified atom stereocenters. The van der Waals surface area contributed by atoms with Crippen molar-refractivity contribution in [2.45, 2.75) is 32.6 Å². The van der Waals surface area contributed by atoms with Crippen LogP contribution in [-0.2, 0) is 6.42 Å². The van der Waals surface area contributed by atoms with Gasteiger partial charge in [0.25, 0.3) is 12.1 Å². The smallest absolute Gasteiger partial charge is 0.258 e. The lowest BCUT2D eigenvalue weighted by atomic mass is 10.0. The van der Waals surface area contributed by atoms with Gasteiger partial charge in [-0.15, -0.1) is 0 Å². The number of hydrogen-bond acceptors (Lipinski definition) is 2. The Balaban J connectivity index is 3.16. The van der Waals surface area contributed by atoms with Crippen LogP contribution in [0.3, 0.4) is 0 Å². The van der Waals surface area contributed by atoms with Crippen LogP contribution in [-0.4, -0.2) is 4.92 Å². The number of hydrogen-bond donors (Lipinski definition) is 0. The van der Waals surface area contributed by atoms with E-state index in [1.54, 1.807) is 6.07 Å². The van der Waals surface area contributed by atoms with Crippen molar-refractivity contribution in [3.8, 4) is 0 Å². The molecule has 0 aromatic heterocycles. The highest BCUT2D eigenvalue weighted by molar-refractivity contribution is 5.48. The molecule has 5 heteroatoms. The number of alkyl halides is 2. The first-order chi connectivity index (χ1) is 7.57. The molecule has 3 nitrogen and oxygen atoms in total. The fourth-order valence-electron chi connectivity index (χ4n) is 1.58. The molecule has 1 rings (SSSR count). The largest absolute Gasteiger partial charge is 0.281 e. The minimum atomic E-state index is -2.80. The van der Waals surface area contributed by atoms with E-state index in [4.69, 9.17) is 0 Å². The molecule has 0 bridgehead atoms. The first-order valence-electron chi connectivity index (χ1n) is 5.12. The van der Waals surface area contributed by atoms with Crippen LogP contribution < -0.4 is 0 Å². The van der Waals surface area contributed by atoms with E-state index in [-0.39, 0.29) is 0 Å². The van der Waals surface area contributed by atoms with Crippen molar-refractivity contribution in [2.75, 3.05) is 0 Å². The van der Waals surface area contributed by atoms with Crippen LogP contribution in [0.15, 0.2) is 18.2 Å². The molecule has 1 aromatic rings. The predicted molar refractivity (Wildman–Crippen MR) is 56.7 cm³/mol. The van der Waals surface area contributed by atoms with Crippen LogP contribution in [0.5, 0.6) is 0 Å². The van der Waals surface area contributed by atoms with E-state index in [1.165, 1.54) is 6.07 Å². The summed E-state index contributed by atoms with van der Waals surface area (Å²) < 4.78 is 25.2. The molecule has 0 spiro atoms. The second kappa shape index (κ2) is 5.53. The standard InChI is InChI=1S/C11H13F2NO2/c1-2-3-5-8-6-4-7-9(11(12)13)10(8)14(15)16/h4,6-7,11H,2-3,5H2,1H3. The van der Waals surface area contributed by atoms with Crippen LogP contribution in [0.2, 0.25) is 0 Å². The van der Waals surface area contributed by atoms with Crippen molar-refractivity contribution in [1.82, 2.24) is 0 Å². The summed E-state index contributed by atoms with van der Waals surface area (Å²) in [5.74, 6) is 0. The van der Waals surface area contributed by atoms with E-state index >= 15 is 0 Å². The van der Waals surface area contributed by atoms with Gasteiger partial charge >= 0.3 is 0 Å². The third-order valence-corrected chi connectivity index (χ3v) is 2.37. The van der Waals surface area contributed by atoms with Gasteiger partial charge in [-0.25, -0.2) is 8.78 Å². The topological polar surface area (TPSA) is 43.1 Å². The van der Waals surface area contributed by atoms with Crippen LogP contribution in [0, 0.1) is 10.1 Å². The van der Waals surface area contributed by atoms with Crippen molar-refractivity contribution in [2.24, 2.45) is 0 Å². The number of halogens is 2. The molecule has 0 saturated carbocycles. The van der Waals surface area contributed by atoms with Crippen LogP contribution in [0.4, 0.5) is 14.5 Å². The van der Waals surface area contributed by atoms with E-state index in [0.717, 1.165) is 18.9 Å². The summed E-state index contributed by atoms with van der Waals surface area (Å²) in [4.78, 5) is 10.1. The summed E-state index contributed by atoms with van der Waals surface area (Å²) in [5, 5.41) is 10.8. The molecule has 0 radical (unpaired) electrons. The second-order valence-electron chi connectivity index (χ2n) is 3.52. The Hall–Kier alpha value is -1.52. The summed E-state index contributed by atoms with van der Waals surface area (Å²) in [5.41, 5.74) is -0.519. The minimum absolute atomic E-state index is 0.393. The van der Waals surface area contributed by atoms with E-state index in [2.05, 4.69) is 0 Å². The Morgan fingerprint density at radius 2 is 2.12 bits per heavy atom. The molecule has 1 aromatic carbocycles. The Kier molecular flexibility index (Phi) is 4.34. The Labute approximate surface area is 92.2 Å². The van der Waals surface area contributed by atoms with Gasteiger partial charge in [-0.3, -0.25) is 10.1 Å². The van der Waals surface area contributed by atoms with Gasteiger partial charge in [-0.2, -0.15) is 0 Å². The normalized spacial score (nSPS) is 10.8. The average molecular weight is 229 g/mol. The van der Waals surface area contributed by atoms with Crippen LogP contribution >= 0.6 is 0 Å². The van der Waals surface area contributed by atoms with Gasteiger partial charge in [-0.1, -0.05) is 25.5 Å². The zero-order valence-electron chi connectivity index (χ0n) is 8.95. The Bertz CT molecular complexity index is 380. The summed E-state index contributed by atoms with van der Waals surface area (Å²) in [6.45, 7) is 1.95. The lowest BCUT2D eigenvalue weighted by Gasteiger charge is -2.06. The summed E-state index contributed by atoms with van der Waals surface area (Å²) >= 11 is 0. The van der Waals surface area contributed by atoms with Gasteiger partial charge in [0, 0.05) is 5.56 Å². The van der Waals surface area contributed by atoms with Gasteiger partial charge in [0.15, 0.2) is 0 Å². The van der Waals surface area contributed by atoms with Gasteiger partial charge < -0.3 is 0 Å². The SMILES string of the molecule is CCCCc1cccc(C(F)F)c1[N+](=O)[O-]. The number of unbranched alkanes of at least 4 members (excludes halogenated alkanes) is 1. The van der Waals surface area contributed by atoms with Gasteiger partial charge in [0.1, 0.15) is 0 Å². The van der Waals surface area contributed by atoms with Crippen molar-refractivity contribution >= 4 is 5.69 Å². The molecule has 0 N–H and O–H groups in total. The highest BCUT2D eigenvalue weighted by atomic mass is 19.3.